The number of aliphatic hydroxyl groups is 1. The third-order valence-electron chi connectivity index (χ3n) is 3.21. The standard InChI is InChI=1S/C12H20N2O5S/c1-9-12(5-10(8-15)19-9)20(16,17)13-6-11-7-14(2)3-4-18-11/h5,11,13,15H,3-4,6-8H2,1-2H3. The molecule has 1 aromatic heterocycles. The van der Waals surface area contributed by atoms with Gasteiger partial charge in [-0.25, -0.2) is 13.1 Å². The van der Waals surface area contributed by atoms with Gasteiger partial charge in [0, 0.05) is 25.7 Å². The van der Waals surface area contributed by atoms with Crippen LogP contribution in [-0.4, -0.2) is 57.8 Å². The zero-order valence-corrected chi connectivity index (χ0v) is 12.4. The van der Waals surface area contributed by atoms with Gasteiger partial charge < -0.3 is 19.2 Å². The lowest BCUT2D eigenvalue weighted by Crippen LogP contribution is -2.45. The lowest BCUT2D eigenvalue weighted by Gasteiger charge is -2.29. The minimum absolute atomic E-state index is 0.0608. The number of morpholine rings is 1. The molecule has 1 aliphatic rings. The second-order valence-electron chi connectivity index (χ2n) is 4.90. The van der Waals surface area contributed by atoms with Crippen LogP contribution in [0.15, 0.2) is 15.4 Å². The first-order chi connectivity index (χ1) is 9.42. The summed E-state index contributed by atoms with van der Waals surface area (Å²) in [4.78, 5) is 2.15. The smallest absolute Gasteiger partial charge is 0.244 e. The minimum Gasteiger partial charge on any atom is -0.462 e. The average molecular weight is 304 g/mol. The lowest BCUT2D eigenvalue weighted by molar-refractivity contribution is -0.0156. The summed E-state index contributed by atoms with van der Waals surface area (Å²) in [5.74, 6) is 0.500. The van der Waals surface area contributed by atoms with E-state index in [9.17, 15) is 8.42 Å². The molecule has 1 fully saturated rings. The van der Waals surface area contributed by atoms with Gasteiger partial charge in [0.2, 0.25) is 10.0 Å². The van der Waals surface area contributed by atoms with E-state index in [1.54, 1.807) is 6.92 Å². The Kier molecular flexibility index (Phi) is 4.82. The van der Waals surface area contributed by atoms with Gasteiger partial charge in [0.05, 0.1) is 12.7 Å². The SMILES string of the molecule is Cc1oc(CO)cc1S(=O)(=O)NCC1CN(C)CCO1. The summed E-state index contributed by atoms with van der Waals surface area (Å²) in [6, 6.07) is 1.34. The van der Waals surface area contributed by atoms with Gasteiger partial charge in [0.1, 0.15) is 23.0 Å². The number of nitrogens with zero attached hydrogens (tertiary/aromatic N) is 1. The molecule has 0 spiro atoms. The van der Waals surface area contributed by atoms with Crippen molar-refractivity contribution in [2.45, 2.75) is 24.5 Å². The highest BCUT2D eigenvalue weighted by molar-refractivity contribution is 7.89. The van der Waals surface area contributed by atoms with E-state index >= 15 is 0 Å². The van der Waals surface area contributed by atoms with Crippen LogP contribution in [0.3, 0.4) is 0 Å². The molecule has 0 saturated carbocycles. The van der Waals surface area contributed by atoms with Crippen molar-refractivity contribution < 1.29 is 22.7 Å². The highest BCUT2D eigenvalue weighted by Gasteiger charge is 2.24. The first kappa shape index (κ1) is 15.5. The summed E-state index contributed by atoms with van der Waals surface area (Å²) in [5, 5.41) is 8.97. The van der Waals surface area contributed by atoms with Crippen LogP contribution in [0.5, 0.6) is 0 Å². The highest BCUT2D eigenvalue weighted by atomic mass is 32.2. The summed E-state index contributed by atoms with van der Waals surface area (Å²) >= 11 is 0. The van der Waals surface area contributed by atoms with Gasteiger partial charge in [0.15, 0.2) is 0 Å². The van der Waals surface area contributed by atoms with Crippen LogP contribution in [-0.2, 0) is 21.4 Å². The molecule has 0 aromatic carbocycles. The van der Waals surface area contributed by atoms with Crippen LogP contribution in [0.1, 0.15) is 11.5 Å². The quantitative estimate of drug-likeness (QED) is 0.775. The van der Waals surface area contributed by atoms with Crippen LogP contribution in [0.4, 0.5) is 0 Å². The molecule has 1 aliphatic heterocycles. The minimum atomic E-state index is -3.65. The van der Waals surface area contributed by atoms with Crippen molar-refractivity contribution >= 4 is 10.0 Å². The molecule has 7 nitrogen and oxygen atoms in total. The molecule has 0 aliphatic carbocycles. The fourth-order valence-corrected chi connectivity index (χ4v) is 3.41. The molecule has 2 rings (SSSR count). The van der Waals surface area contributed by atoms with Crippen LogP contribution in [0, 0.1) is 6.92 Å². The molecule has 2 N–H and O–H groups in total. The molecule has 0 amide bonds. The number of hydrogen-bond donors (Lipinski definition) is 2. The van der Waals surface area contributed by atoms with Gasteiger partial charge in [-0.05, 0) is 14.0 Å². The topological polar surface area (TPSA) is 92.0 Å². The molecular formula is C12H20N2O5S. The third-order valence-corrected chi connectivity index (χ3v) is 4.74. The van der Waals surface area contributed by atoms with Gasteiger partial charge in [-0.1, -0.05) is 0 Å². The van der Waals surface area contributed by atoms with E-state index in [0.29, 0.717) is 13.2 Å². The molecule has 0 radical (unpaired) electrons. The van der Waals surface area contributed by atoms with Crippen molar-refractivity contribution in [1.82, 2.24) is 9.62 Å². The van der Waals surface area contributed by atoms with E-state index < -0.39 is 10.0 Å². The van der Waals surface area contributed by atoms with Crippen molar-refractivity contribution in [3.05, 3.63) is 17.6 Å². The van der Waals surface area contributed by atoms with E-state index in [0.717, 1.165) is 6.54 Å². The Balaban J connectivity index is 2.01. The Morgan fingerprint density at radius 1 is 1.55 bits per heavy atom. The summed E-state index contributed by atoms with van der Waals surface area (Å²) in [5.41, 5.74) is 0. The second-order valence-corrected chi connectivity index (χ2v) is 6.63. The van der Waals surface area contributed by atoms with Crippen LogP contribution >= 0.6 is 0 Å². The number of aryl methyl sites for hydroxylation is 1. The zero-order valence-electron chi connectivity index (χ0n) is 11.6. The molecule has 1 unspecified atom stereocenters. The third kappa shape index (κ3) is 3.58. The van der Waals surface area contributed by atoms with Crippen molar-refractivity contribution in [3.63, 3.8) is 0 Å². The Hall–Kier alpha value is -0.930. The first-order valence-electron chi connectivity index (χ1n) is 6.42. The monoisotopic (exact) mass is 304 g/mol. The summed E-state index contributed by atoms with van der Waals surface area (Å²) in [6.07, 6.45) is -0.159. The van der Waals surface area contributed by atoms with Crippen molar-refractivity contribution in [3.8, 4) is 0 Å². The molecule has 1 saturated heterocycles. The average Bonchev–Trinajstić information content (AvgIpc) is 2.79. The maximum Gasteiger partial charge on any atom is 0.244 e. The molecule has 0 bridgehead atoms. The van der Waals surface area contributed by atoms with E-state index in [2.05, 4.69) is 9.62 Å². The summed E-state index contributed by atoms with van der Waals surface area (Å²) in [7, 11) is -1.68. The largest absolute Gasteiger partial charge is 0.462 e. The highest BCUT2D eigenvalue weighted by Crippen LogP contribution is 2.20. The summed E-state index contributed by atoms with van der Waals surface area (Å²) < 4.78 is 37.5. The predicted molar refractivity (Wildman–Crippen MR) is 71.8 cm³/mol. The van der Waals surface area contributed by atoms with E-state index in [1.165, 1.54) is 6.07 Å². The van der Waals surface area contributed by atoms with Gasteiger partial charge in [-0.15, -0.1) is 0 Å². The Morgan fingerprint density at radius 2 is 2.30 bits per heavy atom. The summed E-state index contributed by atoms with van der Waals surface area (Å²) in [6.45, 7) is 3.58. The van der Waals surface area contributed by atoms with E-state index in [4.69, 9.17) is 14.3 Å². The second kappa shape index (κ2) is 6.23. The fraction of sp³-hybridized carbons (Fsp3) is 0.667. The number of aliphatic hydroxyl groups excluding tert-OH is 1. The van der Waals surface area contributed by atoms with Crippen molar-refractivity contribution in [2.24, 2.45) is 0 Å². The molecular weight excluding hydrogens is 284 g/mol. The molecule has 1 atom stereocenters. The molecule has 20 heavy (non-hydrogen) atoms. The van der Waals surface area contributed by atoms with Crippen molar-refractivity contribution in [1.29, 1.82) is 0 Å². The van der Waals surface area contributed by atoms with E-state index in [-0.39, 0.29) is 35.7 Å². The normalized spacial score (nSPS) is 21.2. The number of sulfonamides is 1. The molecule has 2 heterocycles. The number of hydrogen-bond acceptors (Lipinski definition) is 6. The zero-order chi connectivity index (χ0) is 14.8. The fourth-order valence-electron chi connectivity index (χ4n) is 2.14. The van der Waals surface area contributed by atoms with Gasteiger partial charge >= 0.3 is 0 Å². The van der Waals surface area contributed by atoms with Crippen LogP contribution < -0.4 is 4.72 Å². The Morgan fingerprint density at radius 3 is 2.90 bits per heavy atom. The number of likely N-dealkylation sites (N-methyl/N-ethyl adjacent to an activating group) is 1. The first-order valence-corrected chi connectivity index (χ1v) is 7.90. The molecule has 8 heteroatoms. The van der Waals surface area contributed by atoms with Crippen molar-refractivity contribution in [2.75, 3.05) is 33.3 Å². The Labute approximate surface area is 118 Å². The van der Waals surface area contributed by atoms with Gasteiger partial charge in [0.25, 0.3) is 0 Å². The maximum atomic E-state index is 12.2. The number of nitrogens with one attached hydrogen (secondary N) is 1. The van der Waals surface area contributed by atoms with E-state index in [1.807, 2.05) is 7.05 Å². The van der Waals surface area contributed by atoms with Gasteiger partial charge in [-0.3, -0.25) is 0 Å². The number of rotatable bonds is 5. The molecule has 114 valence electrons. The predicted octanol–water partition coefficient (Wildman–Crippen LogP) is -0.311. The molecule has 1 aromatic rings. The number of furan rings is 1. The number of ether oxygens (including phenoxy) is 1. The van der Waals surface area contributed by atoms with Crippen LogP contribution in [0.2, 0.25) is 0 Å². The Bertz CT molecular complexity index is 554. The maximum absolute atomic E-state index is 12.2. The van der Waals surface area contributed by atoms with Crippen LogP contribution in [0.25, 0.3) is 0 Å². The lowest BCUT2D eigenvalue weighted by atomic mass is 10.3. The van der Waals surface area contributed by atoms with Gasteiger partial charge in [-0.2, -0.15) is 0 Å².